The van der Waals surface area contributed by atoms with E-state index in [0.29, 0.717) is 11.0 Å². The van der Waals surface area contributed by atoms with Gasteiger partial charge in [-0.15, -0.1) is 0 Å². The number of nitrogens with zero attached hydrogens (tertiary/aromatic N) is 2. The minimum atomic E-state index is 0.349. The zero-order chi connectivity index (χ0) is 18.0. The Morgan fingerprint density at radius 1 is 1.12 bits per heavy atom. The lowest BCUT2D eigenvalue weighted by atomic mass is 10.1. The van der Waals surface area contributed by atoms with Crippen molar-refractivity contribution in [3.8, 4) is 0 Å². The summed E-state index contributed by atoms with van der Waals surface area (Å²) >= 11 is 7.02. The van der Waals surface area contributed by atoms with Crippen LogP contribution < -0.4 is 10.6 Å². The van der Waals surface area contributed by atoms with E-state index in [-0.39, 0.29) is 0 Å². The smallest absolute Gasteiger partial charge is 0.104 e. The standard InChI is InChI=1S/C20H25N3S2/c1-4-22(5-2)13-14(3)23-16-8-6-7-9-18(16)25-19-11-10-15(20(21)24)12-17(19)23/h6-12,14H,4-5,13H2,1-3H3,(H2,21,24). The Hall–Kier alpha value is -1.56. The Bertz CT molecular complexity index is 771. The molecule has 2 N–H and O–H groups in total. The fraction of sp³-hybridized carbons (Fsp3) is 0.350. The van der Waals surface area contributed by atoms with Crippen molar-refractivity contribution >= 4 is 40.3 Å². The summed E-state index contributed by atoms with van der Waals surface area (Å²) in [4.78, 5) is 7.91. The first-order chi connectivity index (χ1) is 12.0. The fourth-order valence-electron chi connectivity index (χ4n) is 3.35. The molecule has 0 spiro atoms. The van der Waals surface area contributed by atoms with Crippen molar-refractivity contribution in [2.24, 2.45) is 5.73 Å². The molecule has 5 heteroatoms. The molecular weight excluding hydrogens is 346 g/mol. The Labute approximate surface area is 160 Å². The largest absolute Gasteiger partial charge is 0.389 e. The van der Waals surface area contributed by atoms with E-state index in [1.54, 1.807) is 0 Å². The highest BCUT2D eigenvalue weighted by molar-refractivity contribution is 7.99. The molecule has 0 aliphatic carbocycles. The normalized spacial score (nSPS) is 14.2. The Morgan fingerprint density at radius 3 is 2.48 bits per heavy atom. The van der Waals surface area contributed by atoms with Crippen molar-refractivity contribution in [3.05, 3.63) is 48.0 Å². The lowest BCUT2D eigenvalue weighted by Crippen LogP contribution is -2.41. The third-order valence-corrected chi connectivity index (χ3v) is 6.07. The van der Waals surface area contributed by atoms with Gasteiger partial charge in [-0.3, -0.25) is 0 Å². The average molecular weight is 372 g/mol. The van der Waals surface area contributed by atoms with Gasteiger partial charge in [0, 0.05) is 27.9 Å². The number of para-hydroxylation sites is 1. The first-order valence-corrected chi connectivity index (χ1v) is 10.00. The summed E-state index contributed by atoms with van der Waals surface area (Å²) < 4.78 is 0. The van der Waals surface area contributed by atoms with Gasteiger partial charge in [0.15, 0.2) is 0 Å². The second-order valence-corrected chi connectivity index (χ2v) is 7.85. The van der Waals surface area contributed by atoms with Gasteiger partial charge in [-0.05, 0) is 44.3 Å². The average Bonchev–Trinajstić information content (AvgIpc) is 2.63. The van der Waals surface area contributed by atoms with Gasteiger partial charge in [-0.25, -0.2) is 0 Å². The van der Waals surface area contributed by atoms with Gasteiger partial charge >= 0.3 is 0 Å². The number of rotatable bonds is 6. The summed E-state index contributed by atoms with van der Waals surface area (Å²) in [6.07, 6.45) is 0. The number of thiocarbonyl (C=S) groups is 1. The molecule has 0 saturated carbocycles. The number of hydrogen-bond acceptors (Lipinski definition) is 4. The van der Waals surface area contributed by atoms with E-state index in [1.165, 1.54) is 21.2 Å². The molecule has 25 heavy (non-hydrogen) atoms. The van der Waals surface area contributed by atoms with E-state index >= 15 is 0 Å². The second-order valence-electron chi connectivity index (χ2n) is 6.32. The SMILES string of the molecule is CCN(CC)CC(C)N1c2ccccc2Sc2ccc(C(N)=S)cc21. The molecule has 0 bridgehead atoms. The van der Waals surface area contributed by atoms with Crippen molar-refractivity contribution in [2.75, 3.05) is 24.5 Å². The van der Waals surface area contributed by atoms with E-state index in [4.69, 9.17) is 18.0 Å². The predicted octanol–water partition coefficient (Wildman–Crippen LogP) is 4.65. The number of hydrogen-bond donors (Lipinski definition) is 1. The minimum absolute atomic E-state index is 0.349. The summed E-state index contributed by atoms with van der Waals surface area (Å²) in [5, 5.41) is 0. The Kier molecular flexibility index (Phi) is 5.67. The lowest BCUT2D eigenvalue weighted by molar-refractivity contribution is 0.288. The molecule has 1 atom stereocenters. The zero-order valence-corrected chi connectivity index (χ0v) is 16.7. The maximum atomic E-state index is 5.88. The molecule has 132 valence electrons. The minimum Gasteiger partial charge on any atom is -0.389 e. The Morgan fingerprint density at radius 2 is 1.80 bits per heavy atom. The number of nitrogens with two attached hydrogens (primary N) is 1. The van der Waals surface area contributed by atoms with E-state index in [0.717, 1.165) is 25.2 Å². The van der Waals surface area contributed by atoms with E-state index in [1.807, 2.05) is 17.8 Å². The highest BCUT2D eigenvalue weighted by Crippen LogP contribution is 2.49. The van der Waals surface area contributed by atoms with Crippen LogP contribution >= 0.6 is 24.0 Å². The Balaban J connectivity index is 2.06. The van der Waals surface area contributed by atoms with Crippen molar-refractivity contribution < 1.29 is 0 Å². The summed E-state index contributed by atoms with van der Waals surface area (Å²) in [6.45, 7) is 9.87. The number of anilines is 2. The number of fused-ring (bicyclic) bond motifs is 2. The van der Waals surface area contributed by atoms with Crippen molar-refractivity contribution in [1.29, 1.82) is 0 Å². The van der Waals surface area contributed by atoms with Gasteiger partial charge in [0.2, 0.25) is 0 Å². The molecule has 2 aromatic rings. The van der Waals surface area contributed by atoms with Crippen LogP contribution in [0.2, 0.25) is 0 Å². The maximum Gasteiger partial charge on any atom is 0.104 e. The highest BCUT2D eigenvalue weighted by atomic mass is 32.2. The first kappa shape index (κ1) is 18.2. The van der Waals surface area contributed by atoms with Gasteiger partial charge in [0.05, 0.1) is 11.4 Å². The summed E-state index contributed by atoms with van der Waals surface area (Å²) in [6, 6.07) is 15.3. The van der Waals surface area contributed by atoms with Crippen molar-refractivity contribution in [2.45, 2.75) is 36.6 Å². The van der Waals surface area contributed by atoms with Crippen LogP contribution in [-0.2, 0) is 0 Å². The van der Waals surface area contributed by atoms with Gasteiger partial charge in [-0.1, -0.05) is 56.0 Å². The van der Waals surface area contributed by atoms with E-state index in [2.05, 4.69) is 67.0 Å². The molecule has 1 unspecified atom stereocenters. The van der Waals surface area contributed by atoms with Crippen LogP contribution in [0, 0.1) is 0 Å². The molecule has 1 aliphatic rings. The quantitative estimate of drug-likeness (QED) is 0.747. The first-order valence-electron chi connectivity index (χ1n) is 8.77. The molecule has 0 saturated heterocycles. The number of likely N-dealkylation sites (N-methyl/N-ethyl adjacent to an activating group) is 1. The van der Waals surface area contributed by atoms with E-state index in [9.17, 15) is 0 Å². The number of benzene rings is 2. The zero-order valence-electron chi connectivity index (χ0n) is 15.0. The topological polar surface area (TPSA) is 32.5 Å². The summed E-state index contributed by atoms with van der Waals surface area (Å²) in [7, 11) is 0. The van der Waals surface area contributed by atoms with Crippen LogP contribution in [0.3, 0.4) is 0 Å². The summed E-state index contributed by atoms with van der Waals surface area (Å²) in [5.41, 5.74) is 9.28. The molecule has 0 amide bonds. The van der Waals surface area contributed by atoms with Crippen LogP contribution in [0.25, 0.3) is 0 Å². The summed E-state index contributed by atoms with van der Waals surface area (Å²) in [5.74, 6) is 0. The van der Waals surface area contributed by atoms with Gasteiger partial charge in [0.1, 0.15) is 4.99 Å². The third kappa shape index (κ3) is 3.68. The molecule has 1 heterocycles. The fourth-order valence-corrected chi connectivity index (χ4v) is 4.53. The highest BCUT2D eigenvalue weighted by Gasteiger charge is 2.28. The van der Waals surface area contributed by atoms with Crippen LogP contribution in [0.5, 0.6) is 0 Å². The molecule has 1 aliphatic heterocycles. The van der Waals surface area contributed by atoms with Crippen LogP contribution in [0.1, 0.15) is 26.3 Å². The van der Waals surface area contributed by atoms with E-state index < -0.39 is 0 Å². The van der Waals surface area contributed by atoms with Gasteiger partial charge in [0.25, 0.3) is 0 Å². The maximum absolute atomic E-state index is 5.88. The third-order valence-electron chi connectivity index (χ3n) is 4.71. The van der Waals surface area contributed by atoms with Crippen LogP contribution in [0.4, 0.5) is 11.4 Å². The molecule has 0 fully saturated rings. The van der Waals surface area contributed by atoms with Crippen molar-refractivity contribution in [3.63, 3.8) is 0 Å². The van der Waals surface area contributed by atoms with Gasteiger partial charge in [-0.2, -0.15) is 0 Å². The molecule has 0 radical (unpaired) electrons. The van der Waals surface area contributed by atoms with Gasteiger partial charge < -0.3 is 15.5 Å². The van der Waals surface area contributed by atoms with Crippen LogP contribution in [0.15, 0.2) is 52.3 Å². The molecular formula is C20H25N3S2. The lowest BCUT2D eigenvalue weighted by Gasteiger charge is -2.39. The van der Waals surface area contributed by atoms with Crippen molar-refractivity contribution in [1.82, 2.24) is 4.90 Å². The predicted molar refractivity (Wildman–Crippen MR) is 112 cm³/mol. The van der Waals surface area contributed by atoms with Crippen LogP contribution in [-0.4, -0.2) is 35.6 Å². The molecule has 3 rings (SSSR count). The monoisotopic (exact) mass is 371 g/mol. The molecule has 3 nitrogen and oxygen atoms in total. The molecule has 2 aromatic carbocycles. The second kappa shape index (κ2) is 7.77. The molecule has 0 aromatic heterocycles.